The highest BCUT2D eigenvalue weighted by Gasteiger charge is 2.45. The van der Waals surface area contributed by atoms with Crippen molar-refractivity contribution < 1.29 is 4.74 Å². The van der Waals surface area contributed by atoms with Gasteiger partial charge < -0.3 is 10.1 Å². The Labute approximate surface area is 109 Å². The summed E-state index contributed by atoms with van der Waals surface area (Å²) in [7, 11) is 1.72. The van der Waals surface area contributed by atoms with Crippen molar-refractivity contribution in [1.82, 2.24) is 5.32 Å². The Morgan fingerprint density at radius 1 is 1.44 bits per heavy atom. The molecular weight excluding hydrogens is 224 g/mol. The Kier molecular flexibility index (Phi) is 4.00. The molecule has 0 radical (unpaired) electrons. The molecule has 1 saturated carbocycles. The Morgan fingerprint density at radius 3 is 2.67 bits per heavy atom. The molecule has 1 N–H and O–H groups in total. The van der Waals surface area contributed by atoms with E-state index in [1.807, 2.05) is 25.1 Å². The largest absolute Gasteiger partial charge is 0.380 e. The third-order valence-corrected chi connectivity index (χ3v) is 3.83. The molecule has 3 heteroatoms. The molecule has 1 aromatic carbocycles. The van der Waals surface area contributed by atoms with Gasteiger partial charge in [-0.05, 0) is 25.3 Å². The van der Waals surface area contributed by atoms with Crippen LogP contribution in [0.1, 0.15) is 25.3 Å². The van der Waals surface area contributed by atoms with Gasteiger partial charge in [0.25, 0.3) is 0 Å². The van der Waals surface area contributed by atoms with E-state index >= 15 is 0 Å². The molecule has 1 fully saturated rings. The van der Waals surface area contributed by atoms with Crippen molar-refractivity contribution in [2.24, 2.45) is 0 Å². The highest BCUT2D eigenvalue weighted by Crippen LogP contribution is 2.43. The predicted octanol–water partition coefficient (Wildman–Crippen LogP) is 2.23. The number of methoxy groups -OCH3 is 1. The first-order valence-electron chi connectivity index (χ1n) is 6.43. The maximum absolute atomic E-state index is 9.43. The molecule has 0 aromatic heterocycles. The first-order valence-corrected chi connectivity index (χ1v) is 6.43. The van der Waals surface area contributed by atoms with Crippen molar-refractivity contribution >= 4 is 0 Å². The van der Waals surface area contributed by atoms with Crippen LogP contribution in [0, 0.1) is 11.3 Å². The first kappa shape index (κ1) is 13.1. The van der Waals surface area contributed by atoms with Gasteiger partial charge in [0.15, 0.2) is 0 Å². The van der Waals surface area contributed by atoms with E-state index in [1.54, 1.807) is 7.11 Å². The SMILES string of the molecule is COC(C)CNC1CC(C#N)(c2ccccc2)C1. The Bertz CT molecular complexity index is 418. The highest BCUT2D eigenvalue weighted by atomic mass is 16.5. The Balaban J connectivity index is 1.91. The van der Waals surface area contributed by atoms with E-state index < -0.39 is 0 Å². The van der Waals surface area contributed by atoms with Crippen LogP contribution < -0.4 is 5.32 Å². The van der Waals surface area contributed by atoms with E-state index in [4.69, 9.17) is 4.74 Å². The third kappa shape index (κ3) is 2.55. The molecular formula is C15H20N2O. The number of ether oxygens (including phenoxy) is 1. The molecule has 1 aromatic rings. The summed E-state index contributed by atoms with van der Waals surface area (Å²) in [6.07, 6.45) is 2.01. The van der Waals surface area contributed by atoms with Gasteiger partial charge in [-0.15, -0.1) is 0 Å². The zero-order chi connectivity index (χ0) is 13.0. The van der Waals surface area contributed by atoms with Gasteiger partial charge in [0.1, 0.15) is 0 Å². The van der Waals surface area contributed by atoms with Crippen LogP contribution in [0.3, 0.4) is 0 Å². The van der Waals surface area contributed by atoms with Crippen LogP contribution in [0.15, 0.2) is 30.3 Å². The lowest BCUT2D eigenvalue weighted by molar-refractivity contribution is 0.104. The third-order valence-electron chi connectivity index (χ3n) is 3.83. The van der Waals surface area contributed by atoms with E-state index in [-0.39, 0.29) is 11.5 Å². The number of hydrogen-bond acceptors (Lipinski definition) is 3. The van der Waals surface area contributed by atoms with E-state index in [0.29, 0.717) is 6.04 Å². The summed E-state index contributed by atoms with van der Waals surface area (Å²) in [6.45, 7) is 2.89. The molecule has 0 heterocycles. The van der Waals surface area contributed by atoms with Crippen molar-refractivity contribution in [3.8, 4) is 6.07 Å². The fraction of sp³-hybridized carbons (Fsp3) is 0.533. The second-order valence-corrected chi connectivity index (χ2v) is 5.12. The van der Waals surface area contributed by atoms with Gasteiger partial charge in [-0.2, -0.15) is 5.26 Å². The topological polar surface area (TPSA) is 45.0 Å². The zero-order valence-electron chi connectivity index (χ0n) is 11.0. The van der Waals surface area contributed by atoms with Gasteiger partial charge >= 0.3 is 0 Å². The minimum atomic E-state index is -0.283. The van der Waals surface area contributed by atoms with E-state index in [2.05, 4.69) is 23.5 Å². The van der Waals surface area contributed by atoms with Crippen LogP contribution in [0.4, 0.5) is 0 Å². The van der Waals surface area contributed by atoms with Crippen LogP contribution in [0.2, 0.25) is 0 Å². The summed E-state index contributed by atoms with van der Waals surface area (Å²) in [4.78, 5) is 0. The lowest BCUT2D eigenvalue weighted by Gasteiger charge is -2.43. The molecule has 0 spiro atoms. The van der Waals surface area contributed by atoms with Crippen LogP contribution in [0.5, 0.6) is 0 Å². The van der Waals surface area contributed by atoms with Crippen molar-refractivity contribution in [2.75, 3.05) is 13.7 Å². The van der Waals surface area contributed by atoms with Gasteiger partial charge in [-0.25, -0.2) is 0 Å². The van der Waals surface area contributed by atoms with Gasteiger partial charge in [-0.3, -0.25) is 0 Å². The standard InChI is InChI=1S/C15H20N2O/c1-12(18-2)10-17-14-8-15(9-14,11-16)13-6-4-3-5-7-13/h3-7,12,14,17H,8-10H2,1-2H3. The molecule has 0 aliphatic heterocycles. The average molecular weight is 244 g/mol. The quantitative estimate of drug-likeness (QED) is 0.864. The normalized spacial score (nSPS) is 28.2. The minimum absolute atomic E-state index is 0.221. The molecule has 0 bridgehead atoms. The maximum Gasteiger partial charge on any atom is 0.0852 e. The Hall–Kier alpha value is -1.37. The molecule has 1 unspecified atom stereocenters. The second-order valence-electron chi connectivity index (χ2n) is 5.12. The fourth-order valence-electron chi connectivity index (χ4n) is 2.49. The molecule has 0 amide bonds. The van der Waals surface area contributed by atoms with Gasteiger partial charge in [0, 0.05) is 19.7 Å². The van der Waals surface area contributed by atoms with Crippen LogP contribution in [-0.4, -0.2) is 25.8 Å². The summed E-state index contributed by atoms with van der Waals surface area (Å²) < 4.78 is 5.20. The van der Waals surface area contributed by atoms with E-state index in [0.717, 1.165) is 24.9 Å². The zero-order valence-corrected chi connectivity index (χ0v) is 11.0. The molecule has 1 aliphatic rings. The maximum atomic E-state index is 9.43. The first-order chi connectivity index (χ1) is 8.70. The predicted molar refractivity (Wildman–Crippen MR) is 71.2 cm³/mol. The average Bonchev–Trinajstić information content (AvgIpc) is 2.38. The summed E-state index contributed by atoms with van der Waals surface area (Å²) in [5.74, 6) is 0. The van der Waals surface area contributed by atoms with Crippen molar-refractivity contribution in [3.63, 3.8) is 0 Å². The molecule has 1 atom stereocenters. The number of benzene rings is 1. The summed E-state index contributed by atoms with van der Waals surface area (Å²) >= 11 is 0. The van der Waals surface area contributed by atoms with Crippen LogP contribution >= 0.6 is 0 Å². The van der Waals surface area contributed by atoms with E-state index in [9.17, 15) is 5.26 Å². The molecule has 2 rings (SSSR count). The second kappa shape index (κ2) is 5.51. The number of nitrogens with one attached hydrogen (secondary N) is 1. The lowest BCUT2D eigenvalue weighted by Crippen LogP contribution is -2.52. The van der Waals surface area contributed by atoms with Crippen LogP contribution in [0.25, 0.3) is 0 Å². The molecule has 1 aliphatic carbocycles. The highest BCUT2D eigenvalue weighted by molar-refractivity contribution is 5.36. The van der Waals surface area contributed by atoms with Crippen molar-refractivity contribution in [3.05, 3.63) is 35.9 Å². The number of rotatable bonds is 5. The molecule has 18 heavy (non-hydrogen) atoms. The van der Waals surface area contributed by atoms with Gasteiger partial charge in [0.05, 0.1) is 17.6 Å². The monoisotopic (exact) mass is 244 g/mol. The number of nitriles is 1. The van der Waals surface area contributed by atoms with Crippen molar-refractivity contribution in [2.45, 2.75) is 37.3 Å². The van der Waals surface area contributed by atoms with Gasteiger partial charge in [-0.1, -0.05) is 30.3 Å². The van der Waals surface area contributed by atoms with Crippen molar-refractivity contribution in [1.29, 1.82) is 5.26 Å². The fourth-order valence-corrected chi connectivity index (χ4v) is 2.49. The van der Waals surface area contributed by atoms with E-state index in [1.165, 1.54) is 0 Å². The smallest absolute Gasteiger partial charge is 0.0852 e. The summed E-state index contributed by atoms with van der Waals surface area (Å²) in [5, 5.41) is 12.9. The Morgan fingerprint density at radius 2 is 2.11 bits per heavy atom. The lowest BCUT2D eigenvalue weighted by atomic mass is 9.62. The van der Waals surface area contributed by atoms with Gasteiger partial charge in [0.2, 0.25) is 0 Å². The number of nitrogens with zero attached hydrogens (tertiary/aromatic N) is 1. The van der Waals surface area contributed by atoms with Crippen LogP contribution in [-0.2, 0) is 10.2 Å². The minimum Gasteiger partial charge on any atom is -0.380 e. The molecule has 3 nitrogen and oxygen atoms in total. The summed E-state index contributed by atoms with van der Waals surface area (Å²) in [5.41, 5.74) is 0.861. The summed E-state index contributed by atoms with van der Waals surface area (Å²) in [6, 6.07) is 13.0. The molecule has 96 valence electrons. The number of hydrogen-bond donors (Lipinski definition) is 1. The molecule has 0 saturated heterocycles.